The van der Waals surface area contributed by atoms with Crippen LogP contribution in [0, 0.1) is 20.8 Å². The smallest absolute Gasteiger partial charge is 0.325 e. The Hall–Kier alpha value is -2.87. The minimum Gasteiger partial charge on any atom is -0.325 e. The molecule has 8 heteroatoms. The third kappa shape index (κ3) is 6.60. The number of carbonyl (C=O) groups excluding carboxylic acids is 2. The highest BCUT2D eigenvalue weighted by atomic mass is 19.4. The molecule has 2 amide bonds. The Kier molecular flexibility index (Phi) is 7.02. The second-order valence-corrected chi connectivity index (χ2v) is 7.12. The highest BCUT2D eigenvalue weighted by molar-refractivity contribution is 5.95. The monoisotopic (exact) mass is 407 g/mol. The first kappa shape index (κ1) is 22.4. The van der Waals surface area contributed by atoms with Gasteiger partial charge in [-0.2, -0.15) is 13.2 Å². The van der Waals surface area contributed by atoms with Crippen molar-refractivity contribution in [2.24, 2.45) is 0 Å². The summed E-state index contributed by atoms with van der Waals surface area (Å²) in [4.78, 5) is 25.9. The molecule has 0 saturated heterocycles. The number of aryl methyl sites for hydroxylation is 3. The lowest BCUT2D eigenvalue weighted by Gasteiger charge is -2.18. The Morgan fingerprint density at radius 2 is 1.38 bits per heavy atom. The van der Waals surface area contributed by atoms with Gasteiger partial charge in [-0.05, 0) is 63.2 Å². The Balaban J connectivity index is 1.87. The van der Waals surface area contributed by atoms with Crippen LogP contribution in [0.15, 0.2) is 36.4 Å². The maximum absolute atomic E-state index is 12.6. The number of benzene rings is 2. The molecule has 0 aliphatic carbocycles. The standard InChI is InChI=1S/C21H24F3N3O2/c1-13-9-14(2)20(15(3)10-13)26-19(29)12-27(4)11-18(28)25-17-7-5-16(6-8-17)21(22,23)24/h5-10H,11-12H2,1-4H3,(H,25,28)(H,26,29). The topological polar surface area (TPSA) is 61.4 Å². The van der Waals surface area contributed by atoms with E-state index < -0.39 is 17.6 Å². The third-order valence-corrected chi connectivity index (χ3v) is 4.26. The summed E-state index contributed by atoms with van der Waals surface area (Å²) in [6, 6.07) is 8.14. The van der Waals surface area contributed by atoms with Crippen LogP contribution in [0.4, 0.5) is 24.5 Å². The third-order valence-electron chi connectivity index (χ3n) is 4.26. The summed E-state index contributed by atoms with van der Waals surface area (Å²) < 4.78 is 37.7. The molecule has 2 aromatic rings. The van der Waals surface area contributed by atoms with Crippen molar-refractivity contribution in [3.63, 3.8) is 0 Å². The summed E-state index contributed by atoms with van der Waals surface area (Å²) >= 11 is 0. The number of anilines is 2. The van der Waals surface area contributed by atoms with Crippen LogP contribution < -0.4 is 10.6 Å². The number of amides is 2. The minimum atomic E-state index is -4.43. The van der Waals surface area contributed by atoms with Gasteiger partial charge in [-0.15, -0.1) is 0 Å². The Labute approximate surface area is 167 Å². The number of nitrogens with zero attached hydrogens (tertiary/aromatic N) is 1. The molecule has 29 heavy (non-hydrogen) atoms. The predicted molar refractivity (Wildman–Crippen MR) is 107 cm³/mol. The summed E-state index contributed by atoms with van der Waals surface area (Å²) in [6.07, 6.45) is -4.43. The van der Waals surface area contributed by atoms with E-state index in [1.165, 1.54) is 17.0 Å². The van der Waals surface area contributed by atoms with E-state index in [1.807, 2.05) is 32.9 Å². The molecule has 0 radical (unpaired) electrons. The number of rotatable bonds is 6. The van der Waals surface area contributed by atoms with Gasteiger partial charge in [-0.25, -0.2) is 0 Å². The minimum absolute atomic E-state index is 0.00676. The molecule has 5 nitrogen and oxygen atoms in total. The van der Waals surface area contributed by atoms with Gasteiger partial charge in [0.05, 0.1) is 18.7 Å². The SMILES string of the molecule is Cc1cc(C)c(NC(=O)CN(C)CC(=O)Nc2ccc(C(F)(F)F)cc2)c(C)c1. The molecular formula is C21H24F3N3O2. The molecule has 0 unspecified atom stereocenters. The lowest BCUT2D eigenvalue weighted by Crippen LogP contribution is -2.36. The van der Waals surface area contributed by atoms with Crippen molar-refractivity contribution >= 4 is 23.2 Å². The Morgan fingerprint density at radius 3 is 1.86 bits per heavy atom. The molecule has 0 spiro atoms. The summed E-state index contributed by atoms with van der Waals surface area (Å²) in [5, 5.41) is 5.38. The van der Waals surface area contributed by atoms with Crippen LogP contribution in [0.2, 0.25) is 0 Å². The normalized spacial score (nSPS) is 11.4. The number of nitrogens with one attached hydrogen (secondary N) is 2. The maximum atomic E-state index is 12.6. The van der Waals surface area contributed by atoms with Crippen molar-refractivity contribution in [3.8, 4) is 0 Å². The van der Waals surface area contributed by atoms with E-state index in [2.05, 4.69) is 10.6 Å². The largest absolute Gasteiger partial charge is 0.416 e. The zero-order valence-electron chi connectivity index (χ0n) is 16.8. The van der Waals surface area contributed by atoms with Crippen LogP contribution in [-0.2, 0) is 15.8 Å². The van der Waals surface area contributed by atoms with Gasteiger partial charge in [-0.1, -0.05) is 17.7 Å². The van der Waals surface area contributed by atoms with E-state index in [-0.39, 0.29) is 24.7 Å². The van der Waals surface area contributed by atoms with Crippen LogP contribution in [0.5, 0.6) is 0 Å². The fraction of sp³-hybridized carbons (Fsp3) is 0.333. The van der Waals surface area contributed by atoms with Crippen LogP contribution in [0.3, 0.4) is 0 Å². The first-order valence-electron chi connectivity index (χ1n) is 8.99. The average Bonchev–Trinajstić information content (AvgIpc) is 2.57. The number of hydrogen-bond acceptors (Lipinski definition) is 3. The van der Waals surface area contributed by atoms with Gasteiger partial charge < -0.3 is 10.6 Å². The van der Waals surface area contributed by atoms with E-state index in [9.17, 15) is 22.8 Å². The van der Waals surface area contributed by atoms with Gasteiger partial charge in [0.15, 0.2) is 0 Å². The summed E-state index contributed by atoms with van der Waals surface area (Å²) in [5.74, 6) is -0.687. The van der Waals surface area contributed by atoms with Gasteiger partial charge in [-0.3, -0.25) is 14.5 Å². The predicted octanol–water partition coefficient (Wildman–Crippen LogP) is 4.14. The van der Waals surface area contributed by atoms with Crippen molar-refractivity contribution in [3.05, 3.63) is 58.7 Å². The molecule has 2 rings (SSSR count). The number of halogens is 3. The first-order valence-corrected chi connectivity index (χ1v) is 8.99. The van der Waals surface area contributed by atoms with E-state index in [0.29, 0.717) is 0 Å². The van der Waals surface area contributed by atoms with Gasteiger partial charge in [0, 0.05) is 11.4 Å². The number of hydrogen-bond donors (Lipinski definition) is 2. The lowest BCUT2D eigenvalue weighted by atomic mass is 10.1. The number of alkyl halides is 3. The fourth-order valence-electron chi connectivity index (χ4n) is 3.05. The van der Waals surface area contributed by atoms with Crippen LogP contribution >= 0.6 is 0 Å². The molecule has 0 aromatic heterocycles. The Bertz CT molecular complexity index is 870. The molecule has 2 N–H and O–H groups in total. The van der Waals surface area contributed by atoms with Gasteiger partial charge in [0.2, 0.25) is 11.8 Å². The first-order chi connectivity index (χ1) is 13.5. The molecule has 0 aliphatic rings. The van der Waals surface area contributed by atoms with Crippen molar-refractivity contribution in [1.29, 1.82) is 0 Å². The quantitative estimate of drug-likeness (QED) is 0.757. The molecule has 0 heterocycles. The zero-order valence-corrected chi connectivity index (χ0v) is 16.8. The molecule has 0 aliphatic heterocycles. The van der Waals surface area contributed by atoms with Crippen molar-refractivity contribution in [2.75, 3.05) is 30.8 Å². The summed E-state index contributed by atoms with van der Waals surface area (Å²) in [5.41, 5.74) is 3.24. The number of carbonyl (C=O) groups is 2. The maximum Gasteiger partial charge on any atom is 0.416 e. The van der Waals surface area contributed by atoms with E-state index in [0.717, 1.165) is 34.5 Å². The van der Waals surface area contributed by atoms with Gasteiger partial charge in [0.25, 0.3) is 0 Å². The highest BCUT2D eigenvalue weighted by Crippen LogP contribution is 2.29. The molecule has 2 aromatic carbocycles. The van der Waals surface area contributed by atoms with E-state index >= 15 is 0 Å². The van der Waals surface area contributed by atoms with Crippen molar-refractivity contribution < 1.29 is 22.8 Å². The van der Waals surface area contributed by atoms with Crippen molar-refractivity contribution in [1.82, 2.24) is 4.90 Å². The summed E-state index contributed by atoms with van der Waals surface area (Å²) in [6.45, 7) is 5.72. The second-order valence-electron chi connectivity index (χ2n) is 7.12. The zero-order chi connectivity index (χ0) is 21.8. The van der Waals surface area contributed by atoms with Gasteiger partial charge in [0.1, 0.15) is 0 Å². The summed E-state index contributed by atoms with van der Waals surface area (Å²) in [7, 11) is 1.61. The fourth-order valence-corrected chi connectivity index (χ4v) is 3.05. The molecule has 0 atom stereocenters. The molecular weight excluding hydrogens is 383 g/mol. The lowest BCUT2D eigenvalue weighted by molar-refractivity contribution is -0.137. The number of likely N-dealkylation sites (N-methyl/N-ethyl adjacent to an activating group) is 1. The Morgan fingerprint density at radius 1 is 0.897 bits per heavy atom. The second kappa shape index (κ2) is 9.09. The van der Waals surface area contributed by atoms with Crippen LogP contribution in [0.25, 0.3) is 0 Å². The molecule has 0 bridgehead atoms. The van der Waals surface area contributed by atoms with Crippen LogP contribution in [0.1, 0.15) is 22.3 Å². The average molecular weight is 407 g/mol. The van der Waals surface area contributed by atoms with Crippen LogP contribution in [-0.4, -0.2) is 36.9 Å². The van der Waals surface area contributed by atoms with E-state index in [1.54, 1.807) is 7.05 Å². The molecule has 0 saturated carbocycles. The molecule has 0 fully saturated rings. The molecule has 156 valence electrons. The van der Waals surface area contributed by atoms with Gasteiger partial charge >= 0.3 is 6.18 Å². The highest BCUT2D eigenvalue weighted by Gasteiger charge is 2.30. The van der Waals surface area contributed by atoms with Crippen molar-refractivity contribution in [2.45, 2.75) is 26.9 Å². The van der Waals surface area contributed by atoms with E-state index in [4.69, 9.17) is 0 Å².